The summed E-state index contributed by atoms with van der Waals surface area (Å²) in [6, 6.07) is 10.5. The van der Waals surface area contributed by atoms with Gasteiger partial charge in [-0.05, 0) is 44.2 Å². The second-order valence-corrected chi connectivity index (χ2v) is 8.42. The number of rotatable bonds is 6. The van der Waals surface area contributed by atoms with Crippen molar-refractivity contribution in [2.45, 2.75) is 19.6 Å². The third-order valence-electron chi connectivity index (χ3n) is 5.86. The van der Waals surface area contributed by atoms with Crippen molar-refractivity contribution < 1.29 is 28.7 Å². The van der Waals surface area contributed by atoms with E-state index in [0.717, 1.165) is 0 Å². The van der Waals surface area contributed by atoms with Crippen LogP contribution in [0.4, 0.5) is 11.4 Å². The van der Waals surface area contributed by atoms with Gasteiger partial charge in [-0.25, -0.2) is 14.6 Å². The lowest BCUT2D eigenvalue weighted by Gasteiger charge is -2.32. The minimum absolute atomic E-state index is 0.0345. The fraction of sp³-hybridized carbons (Fsp3) is 0.200. The van der Waals surface area contributed by atoms with Gasteiger partial charge in [-0.15, -0.1) is 0 Å². The summed E-state index contributed by atoms with van der Waals surface area (Å²) in [7, 11) is 0. The van der Waals surface area contributed by atoms with Crippen LogP contribution < -0.4 is 0 Å². The van der Waals surface area contributed by atoms with Crippen LogP contribution in [0.2, 0.25) is 5.02 Å². The SMILES string of the molecule is CCOC(=O)C1=CN2N=C3C(=C(C(=O)OCC)C=Nc4ccc(Cl)cc43)C2(c2ccc([N+](=O)[O-])cc2)O1. The zero-order valence-corrected chi connectivity index (χ0v) is 20.4. The Kier molecular flexibility index (Phi) is 6.00. The normalized spacial score (nSPS) is 19.2. The molecule has 0 fully saturated rings. The number of benzene rings is 2. The number of halogens is 1. The predicted octanol–water partition coefficient (Wildman–Crippen LogP) is 4.13. The number of ether oxygens (including phenoxy) is 3. The van der Waals surface area contributed by atoms with Crippen molar-refractivity contribution in [3.05, 3.63) is 91.8 Å². The molecule has 3 aliphatic rings. The molecule has 12 heteroatoms. The zero-order chi connectivity index (χ0) is 26.3. The lowest BCUT2D eigenvalue weighted by atomic mass is 9.86. The Morgan fingerprint density at radius 1 is 1.11 bits per heavy atom. The molecule has 0 bridgehead atoms. The largest absolute Gasteiger partial charge is 0.462 e. The van der Waals surface area contributed by atoms with Gasteiger partial charge in [0.15, 0.2) is 0 Å². The molecule has 0 N–H and O–H groups in total. The highest BCUT2D eigenvalue weighted by atomic mass is 35.5. The number of nitro groups is 1. The maximum atomic E-state index is 13.2. The summed E-state index contributed by atoms with van der Waals surface area (Å²) in [5.74, 6) is -1.59. The van der Waals surface area contributed by atoms with E-state index in [1.54, 1.807) is 32.0 Å². The van der Waals surface area contributed by atoms with E-state index < -0.39 is 22.6 Å². The Balaban J connectivity index is 1.80. The summed E-state index contributed by atoms with van der Waals surface area (Å²) in [5.41, 5.74) is 0.121. The minimum Gasteiger partial charge on any atom is -0.462 e. The summed E-state index contributed by atoms with van der Waals surface area (Å²) in [6.45, 7) is 3.52. The van der Waals surface area contributed by atoms with Gasteiger partial charge >= 0.3 is 11.9 Å². The van der Waals surface area contributed by atoms with Gasteiger partial charge in [0.25, 0.3) is 11.4 Å². The molecule has 37 heavy (non-hydrogen) atoms. The average Bonchev–Trinajstić information content (AvgIpc) is 3.35. The molecule has 3 aliphatic heterocycles. The average molecular weight is 523 g/mol. The first kappa shape index (κ1) is 24.2. The lowest BCUT2D eigenvalue weighted by Crippen LogP contribution is -2.39. The molecule has 0 spiro atoms. The van der Waals surface area contributed by atoms with Gasteiger partial charge < -0.3 is 14.2 Å². The van der Waals surface area contributed by atoms with Crippen LogP contribution in [0.15, 0.2) is 75.7 Å². The van der Waals surface area contributed by atoms with Gasteiger partial charge in [-0.1, -0.05) is 11.6 Å². The monoisotopic (exact) mass is 522 g/mol. The van der Waals surface area contributed by atoms with E-state index in [1.165, 1.54) is 41.7 Å². The fourth-order valence-electron chi connectivity index (χ4n) is 4.33. The number of hydrazone groups is 1. The zero-order valence-electron chi connectivity index (χ0n) is 19.6. The maximum Gasteiger partial charge on any atom is 0.375 e. The molecule has 5 rings (SSSR count). The molecular formula is C25H19ClN4O7. The van der Waals surface area contributed by atoms with Gasteiger partial charge in [-0.2, -0.15) is 5.10 Å². The van der Waals surface area contributed by atoms with E-state index in [2.05, 4.69) is 4.99 Å². The van der Waals surface area contributed by atoms with E-state index in [1.807, 2.05) is 0 Å². The Morgan fingerprint density at radius 2 is 1.81 bits per heavy atom. The number of non-ortho nitro benzene ring substituents is 1. The molecule has 2 aromatic carbocycles. The highest BCUT2D eigenvalue weighted by Crippen LogP contribution is 2.52. The second-order valence-electron chi connectivity index (χ2n) is 7.99. The molecule has 1 unspecified atom stereocenters. The van der Waals surface area contributed by atoms with Gasteiger partial charge in [0.05, 0.1) is 41.2 Å². The standard InChI is InChI=1S/C25H19ClN4O7/c1-3-35-23(31)18-12-27-19-10-7-15(26)11-17(19)22-21(18)25(14-5-8-16(9-6-14)30(33)34)29(28-22)13-20(37-25)24(32)36-4-2/h5-13H,3-4H2,1-2H3. The van der Waals surface area contributed by atoms with Crippen molar-refractivity contribution in [1.82, 2.24) is 5.01 Å². The van der Waals surface area contributed by atoms with Gasteiger partial charge in [-0.3, -0.25) is 15.1 Å². The minimum atomic E-state index is -1.69. The van der Waals surface area contributed by atoms with Crippen LogP contribution in [-0.4, -0.2) is 47.0 Å². The third kappa shape index (κ3) is 3.84. The summed E-state index contributed by atoms with van der Waals surface area (Å²) in [6.07, 6.45) is 2.71. The van der Waals surface area contributed by atoms with Crippen LogP contribution in [0.5, 0.6) is 0 Å². The molecule has 0 saturated carbocycles. The molecule has 0 amide bonds. The number of aliphatic imine (C=N–C) groups is 1. The molecule has 0 saturated heterocycles. The number of hydrogen-bond acceptors (Lipinski definition) is 10. The van der Waals surface area contributed by atoms with Crippen LogP contribution >= 0.6 is 11.6 Å². The third-order valence-corrected chi connectivity index (χ3v) is 6.10. The van der Waals surface area contributed by atoms with E-state index in [-0.39, 0.29) is 35.8 Å². The highest BCUT2D eigenvalue weighted by Gasteiger charge is 2.58. The first-order chi connectivity index (χ1) is 17.8. The number of esters is 2. The quantitative estimate of drug-likeness (QED) is 0.314. The smallest absolute Gasteiger partial charge is 0.375 e. The maximum absolute atomic E-state index is 13.2. The number of nitrogens with zero attached hydrogens (tertiary/aromatic N) is 4. The number of carbonyl (C=O) groups is 2. The molecule has 0 radical (unpaired) electrons. The second kappa shape index (κ2) is 9.17. The Morgan fingerprint density at radius 3 is 2.49 bits per heavy atom. The first-order valence-electron chi connectivity index (χ1n) is 11.3. The molecule has 1 atom stereocenters. The topological polar surface area (TPSA) is 133 Å². The van der Waals surface area contributed by atoms with Crippen LogP contribution in [0.3, 0.4) is 0 Å². The summed E-state index contributed by atoms with van der Waals surface area (Å²) < 4.78 is 16.7. The Labute approximate surface area is 215 Å². The molecule has 0 aromatic heterocycles. The van der Waals surface area contributed by atoms with Crippen molar-refractivity contribution in [3.8, 4) is 0 Å². The Bertz CT molecular complexity index is 1460. The molecule has 2 aromatic rings. The van der Waals surface area contributed by atoms with Gasteiger partial charge in [0.2, 0.25) is 5.76 Å². The molecule has 0 aliphatic carbocycles. The fourth-order valence-corrected chi connectivity index (χ4v) is 4.50. The van der Waals surface area contributed by atoms with Crippen LogP contribution in [-0.2, 0) is 29.5 Å². The van der Waals surface area contributed by atoms with E-state index >= 15 is 0 Å². The molecule has 188 valence electrons. The van der Waals surface area contributed by atoms with Gasteiger partial charge in [0.1, 0.15) is 5.71 Å². The Hall–Kier alpha value is -4.51. The van der Waals surface area contributed by atoms with Crippen molar-refractivity contribution in [2.75, 3.05) is 13.2 Å². The first-order valence-corrected chi connectivity index (χ1v) is 11.6. The van der Waals surface area contributed by atoms with Crippen molar-refractivity contribution in [1.29, 1.82) is 0 Å². The van der Waals surface area contributed by atoms with E-state index in [4.69, 9.17) is 30.9 Å². The van der Waals surface area contributed by atoms with Gasteiger partial charge in [0, 0.05) is 34.5 Å². The van der Waals surface area contributed by atoms with E-state index in [0.29, 0.717) is 27.5 Å². The highest BCUT2D eigenvalue weighted by molar-refractivity contribution is 6.32. The number of carbonyl (C=O) groups excluding carboxylic acids is 2. The summed E-state index contributed by atoms with van der Waals surface area (Å²) in [4.78, 5) is 41.1. The van der Waals surface area contributed by atoms with Crippen LogP contribution in [0, 0.1) is 10.1 Å². The van der Waals surface area contributed by atoms with Crippen molar-refractivity contribution in [2.24, 2.45) is 10.1 Å². The van der Waals surface area contributed by atoms with Crippen LogP contribution in [0.1, 0.15) is 25.0 Å². The van der Waals surface area contributed by atoms with Crippen molar-refractivity contribution in [3.63, 3.8) is 0 Å². The number of hydrogen-bond donors (Lipinski definition) is 0. The summed E-state index contributed by atoms with van der Waals surface area (Å²) >= 11 is 6.29. The lowest BCUT2D eigenvalue weighted by molar-refractivity contribution is -0.384. The molecule has 11 nitrogen and oxygen atoms in total. The number of fused-ring (bicyclic) bond motifs is 5. The van der Waals surface area contributed by atoms with Crippen molar-refractivity contribution >= 4 is 46.8 Å². The molecule has 3 heterocycles. The predicted molar refractivity (Wildman–Crippen MR) is 132 cm³/mol. The van der Waals surface area contributed by atoms with Crippen LogP contribution in [0.25, 0.3) is 0 Å². The number of nitro benzene ring substituents is 1. The molecular weight excluding hydrogens is 504 g/mol. The summed E-state index contributed by atoms with van der Waals surface area (Å²) in [5, 5.41) is 17.8. The van der Waals surface area contributed by atoms with E-state index in [9.17, 15) is 19.7 Å².